The fourth-order valence-electron chi connectivity index (χ4n) is 3.56. The molecule has 4 rings (SSSR count). The van der Waals surface area contributed by atoms with E-state index in [1.165, 1.54) is 5.56 Å². The zero-order valence-electron chi connectivity index (χ0n) is 16.2. The summed E-state index contributed by atoms with van der Waals surface area (Å²) in [4.78, 5) is 12.9. The lowest BCUT2D eigenvalue weighted by Gasteiger charge is -2.11. The molecule has 3 aromatic heterocycles. The number of aromatic nitrogens is 3. The first-order valence-electron chi connectivity index (χ1n) is 9.52. The van der Waals surface area contributed by atoms with Crippen molar-refractivity contribution in [3.05, 3.63) is 76.6 Å². The summed E-state index contributed by atoms with van der Waals surface area (Å²) in [5.41, 5.74) is 5.24. The third-order valence-corrected chi connectivity index (χ3v) is 5.79. The number of carbonyl (C=O) groups excluding carboxylic acids is 1. The number of aryl methyl sites for hydroxylation is 4. The van der Waals surface area contributed by atoms with Crippen LogP contribution in [-0.2, 0) is 19.5 Å². The van der Waals surface area contributed by atoms with Gasteiger partial charge in [-0.2, -0.15) is 5.10 Å². The van der Waals surface area contributed by atoms with E-state index >= 15 is 0 Å². The highest BCUT2D eigenvalue weighted by Gasteiger charge is 2.16. The van der Waals surface area contributed by atoms with E-state index in [1.807, 2.05) is 36.7 Å². The van der Waals surface area contributed by atoms with Gasteiger partial charge in [-0.15, -0.1) is 11.3 Å². The number of fused-ring (bicyclic) bond motifs is 1. The predicted molar refractivity (Wildman–Crippen MR) is 114 cm³/mol. The number of nitrogens with one attached hydrogen (secondary N) is 1. The molecule has 0 atom stereocenters. The molecule has 144 valence electrons. The summed E-state index contributed by atoms with van der Waals surface area (Å²) in [5, 5.41) is 9.58. The summed E-state index contributed by atoms with van der Waals surface area (Å²) >= 11 is 1.67. The Morgan fingerprint density at radius 2 is 1.93 bits per heavy atom. The van der Waals surface area contributed by atoms with Gasteiger partial charge in [0.25, 0.3) is 5.91 Å². The summed E-state index contributed by atoms with van der Waals surface area (Å²) in [6.45, 7) is 6.02. The van der Waals surface area contributed by atoms with E-state index in [9.17, 15) is 4.79 Å². The normalized spacial score (nSPS) is 11.2. The number of hydrogen-bond acceptors (Lipinski definition) is 3. The van der Waals surface area contributed by atoms with Crippen molar-refractivity contribution < 1.29 is 4.79 Å². The Labute approximate surface area is 168 Å². The van der Waals surface area contributed by atoms with E-state index < -0.39 is 0 Å². The monoisotopic (exact) mass is 392 g/mol. The van der Waals surface area contributed by atoms with Crippen molar-refractivity contribution in [3.8, 4) is 0 Å². The van der Waals surface area contributed by atoms with E-state index in [4.69, 9.17) is 0 Å². The van der Waals surface area contributed by atoms with Crippen molar-refractivity contribution in [3.63, 3.8) is 0 Å². The number of amides is 1. The van der Waals surface area contributed by atoms with Crippen molar-refractivity contribution >= 4 is 27.5 Å². The molecule has 0 saturated heterocycles. The quantitative estimate of drug-likeness (QED) is 0.513. The summed E-state index contributed by atoms with van der Waals surface area (Å²) in [6.07, 6.45) is 0.895. The molecule has 1 aromatic carbocycles. The van der Waals surface area contributed by atoms with E-state index in [0.29, 0.717) is 13.1 Å². The minimum Gasteiger partial charge on any atom is -0.349 e. The van der Waals surface area contributed by atoms with Gasteiger partial charge < -0.3 is 9.88 Å². The van der Waals surface area contributed by atoms with Crippen molar-refractivity contribution in [2.45, 2.75) is 33.4 Å². The zero-order chi connectivity index (χ0) is 19.5. The van der Waals surface area contributed by atoms with Gasteiger partial charge in [0.05, 0.1) is 22.5 Å². The molecule has 1 amide bonds. The molecule has 5 nitrogen and oxygen atoms in total. The first-order chi connectivity index (χ1) is 13.6. The largest absolute Gasteiger partial charge is 0.349 e. The maximum atomic E-state index is 12.9. The third kappa shape index (κ3) is 3.87. The Bertz CT molecular complexity index is 1090. The second-order valence-corrected chi connectivity index (χ2v) is 7.94. The Hall–Kier alpha value is -2.86. The minimum absolute atomic E-state index is 0.0296. The van der Waals surface area contributed by atoms with Crippen LogP contribution in [0, 0.1) is 13.8 Å². The van der Waals surface area contributed by atoms with Crippen molar-refractivity contribution in [1.29, 1.82) is 0 Å². The summed E-state index contributed by atoms with van der Waals surface area (Å²) in [6, 6.07) is 16.5. The fourth-order valence-corrected chi connectivity index (χ4v) is 4.38. The third-order valence-electron chi connectivity index (χ3n) is 4.93. The van der Waals surface area contributed by atoms with Gasteiger partial charge in [-0.25, -0.2) is 0 Å². The zero-order valence-corrected chi connectivity index (χ0v) is 17.0. The van der Waals surface area contributed by atoms with Crippen LogP contribution in [0.4, 0.5) is 0 Å². The average Bonchev–Trinajstić information content (AvgIpc) is 3.36. The molecule has 0 aliphatic carbocycles. The van der Waals surface area contributed by atoms with Crippen LogP contribution in [-0.4, -0.2) is 26.8 Å². The number of benzene rings is 1. The van der Waals surface area contributed by atoms with E-state index in [0.717, 1.165) is 40.3 Å². The van der Waals surface area contributed by atoms with E-state index in [-0.39, 0.29) is 5.91 Å². The molecule has 0 fully saturated rings. The van der Waals surface area contributed by atoms with Gasteiger partial charge >= 0.3 is 0 Å². The van der Waals surface area contributed by atoms with Gasteiger partial charge in [0.1, 0.15) is 5.69 Å². The van der Waals surface area contributed by atoms with Crippen molar-refractivity contribution in [2.75, 3.05) is 6.54 Å². The molecule has 4 aromatic rings. The fraction of sp³-hybridized carbons (Fsp3) is 0.273. The maximum absolute atomic E-state index is 12.9. The maximum Gasteiger partial charge on any atom is 0.268 e. The second kappa shape index (κ2) is 8.02. The molecule has 0 aliphatic rings. The smallest absolute Gasteiger partial charge is 0.268 e. The van der Waals surface area contributed by atoms with Gasteiger partial charge in [0.15, 0.2) is 0 Å². The van der Waals surface area contributed by atoms with Crippen LogP contribution in [0.25, 0.3) is 10.2 Å². The Morgan fingerprint density at radius 1 is 1.11 bits per heavy atom. The first kappa shape index (κ1) is 18.5. The number of nitrogens with zero attached hydrogens (tertiary/aromatic N) is 3. The average molecular weight is 393 g/mol. The number of rotatable bonds is 7. The van der Waals surface area contributed by atoms with Gasteiger partial charge in [0, 0.05) is 18.8 Å². The van der Waals surface area contributed by atoms with Crippen LogP contribution < -0.4 is 5.32 Å². The lowest BCUT2D eigenvalue weighted by atomic mass is 10.1. The van der Waals surface area contributed by atoms with Gasteiger partial charge in [-0.05, 0) is 49.4 Å². The molecular formula is C22H24N4OS. The topological polar surface area (TPSA) is 51.9 Å². The molecular weight excluding hydrogens is 368 g/mol. The van der Waals surface area contributed by atoms with Crippen molar-refractivity contribution in [1.82, 2.24) is 19.7 Å². The Morgan fingerprint density at radius 3 is 2.68 bits per heavy atom. The number of carbonyl (C=O) groups is 1. The highest BCUT2D eigenvalue weighted by atomic mass is 32.1. The molecule has 0 spiro atoms. The summed E-state index contributed by atoms with van der Waals surface area (Å²) < 4.78 is 5.22. The Balaban J connectivity index is 1.47. The predicted octanol–water partition coefficient (Wildman–Crippen LogP) is 4.19. The van der Waals surface area contributed by atoms with Gasteiger partial charge in [0.2, 0.25) is 0 Å². The molecule has 0 bridgehead atoms. The highest BCUT2D eigenvalue weighted by Crippen LogP contribution is 2.25. The minimum atomic E-state index is -0.0296. The lowest BCUT2D eigenvalue weighted by molar-refractivity contribution is 0.0943. The molecule has 0 radical (unpaired) electrons. The molecule has 6 heteroatoms. The lowest BCUT2D eigenvalue weighted by Crippen LogP contribution is -2.29. The van der Waals surface area contributed by atoms with Crippen LogP contribution in [0.1, 0.15) is 27.4 Å². The molecule has 0 unspecified atom stereocenters. The SMILES string of the molecule is Cc1cc(C)n(CCNC(=O)c2cc3sccc3n2CCc2ccccc2)n1. The van der Waals surface area contributed by atoms with Crippen LogP contribution in [0.3, 0.4) is 0 Å². The Kier molecular flexibility index (Phi) is 5.30. The molecule has 1 N–H and O–H groups in total. The first-order valence-corrected chi connectivity index (χ1v) is 10.4. The van der Waals surface area contributed by atoms with Crippen LogP contribution >= 0.6 is 11.3 Å². The van der Waals surface area contributed by atoms with Crippen LogP contribution in [0.15, 0.2) is 53.9 Å². The molecule has 0 saturated carbocycles. The number of thiophene rings is 1. The standard InChI is InChI=1S/C22H24N4OS/c1-16-14-17(2)26(24-16)12-10-23-22(27)20-15-21-19(9-13-28-21)25(20)11-8-18-6-4-3-5-7-18/h3-7,9,13-15H,8,10-12H2,1-2H3,(H,23,27). The van der Waals surface area contributed by atoms with Gasteiger partial charge in [-0.3, -0.25) is 9.48 Å². The van der Waals surface area contributed by atoms with E-state index in [1.54, 1.807) is 11.3 Å². The molecule has 0 aliphatic heterocycles. The van der Waals surface area contributed by atoms with Gasteiger partial charge in [-0.1, -0.05) is 30.3 Å². The highest BCUT2D eigenvalue weighted by molar-refractivity contribution is 7.17. The van der Waals surface area contributed by atoms with Crippen molar-refractivity contribution in [2.24, 2.45) is 0 Å². The second-order valence-electron chi connectivity index (χ2n) is 6.99. The summed E-state index contributed by atoms with van der Waals surface area (Å²) in [5.74, 6) is -0.0296. The van der Waals surface area contributed by atoms with Crippen LogP contribution in [0.5, 0.6) is 0 Å². The van der Waals surface area contributed by atoms with Crippen LogP contribution in [0.2, 0.25) is 0 Å². The molecule has 3 heterocycles. The summed E-state index contributed by atoms with van der Waals surface area (Å²) in [7, 11) is 0. The van der Waals surface area contributed by atoms with E-state index in [2.05, 4.69) is 50.7 Å². The number of hydrogen-bond donors (Lipinski definition) is 1. The molecule has 28 heavy (non-hydrogen) atoms.